The van der Waals surface area contributed by atoms with Crippen molar-refractivity contribution in [2.24, 2.45) is 0 Å². The summed E-state index contributed by atoms with van der Waals surface area (Å²) in [5, 5.41) is 3.73. The monoisotopic (exact) mass is 357 g/mol. The van der Waals surface area contributed by atoms with Crippen molar-refractivity contribution in [3.8, 4) is 0 Å². The summed E-state index contributed by atoms with van der Waals surface area (Å²) >= 11 is 0. The molecule has 3 rings (SSSR count). The Balaban J connectivity index is 1.64. The zero-order valence-electron chi connectivity index (χ0n) is 13.8. The lowest BCUT2D eigenvalue weighted by Gasteiger charge is -2.09. The van der Waals surface area contributed by atoms with Crippen molar-refractivity contribution in [1.29, 1.82) is 0 Å². The Labute approximate surface area is 146 Å². The number of amides is 1. The molecule has 0 bridgehead atoms. The van der Waals surface area contributed by atoms with Gasteiger partial charge >= 0.3 is 0 Å². The average Bonchev–Trinajstić information content (AvgIpc) is 2.98. The molecule has 0 saturated carbocycles. The highest BCUT2D eigenvalue weighted by molar-refractivity contribution is 7.89. The largest absolute Gasteiger partial charge is 0.346 e. The van der Waals surface area contributed by atoms with E-state index in [2.05, 4.69) is 10.0 Å². The van der Waals surface area contributed by atoms with E-state index in [1.165, 1.54) is 19.1 Å². The molecule has 0 aliphatic heterocycles. The molecule has 0 saturated heterocycles. The van der Waals surface area contributed by atoms with Gasteiger partial charge in [0.25, 0.3) is 0 Å². The number of hydrogen-bond acceptors (Lipinski definition) is 3. The highest BCUT2D eigenvalue weighted by Gasteiger charge is 2.13. The van der Waals surface area contributed by atoms with Crippen molar-refractivity contribution in [2.45, 2.75) is 18.4 Å². The molecule has 1 aromatic heterocycles. The number of nitrogens with one attached hydrogen (secondary N) is 2. The van der Waals surface area contributed by atoms with Gasteiger partial charge in [0.2, 0.25) is 15.9 Å². The first-order valence-corrected chi connectivity index (χ1v) is 9.35. The fraction of sp³-hybridized carbons (Fsp3) is 0.167. The zero-order chi connectivity index (χ0) is 17.9. The van der Waals surface area contributed by atoms with E-state index in [4.69, 9.17) is 0 Å². The maximum absolute atomic E-state index is 12.4. The first kappa shape index (κ1) is 17.2. The van der Waals surface area contributed by atoms with E-state index in [0.717, 1.165) is 10.9 Å². The number of sulfonamides is 1. The predicted molar refractivity (Wildman–Crippen MR) is 97.9 cm³/mol. The van der Waals surface area contributed by atoms with E-state index in [-0.39, 0.29) is 17.3 Å². The third-order valence-electron chi connectivity index (χ3n) is 3.81. The molecule has 130 valence electrons. The van der Waals surface area contributed by atoms with Crippen LogP contribution in [0.3, 0.4) is 0 Å². The van der Waals surface area contributed by atoms with E-state index in [1.54, 1.807) is 12.1 Å². The third-order valence-corrected chi connectivity index (χ3v) is 5.29. The maximum atomic E-state index is 12.4. The normalized spacial score (nSPS) is 11.6. The van der Waals surface area contributed by atoms with Gasteiger partial charge in [0, 0.05) is 37.4 Å². The van der Waals surface area contributed by atoms with Crippen LogP contribution in [-0.4, -0.2) is 25.4 Å². The molecule has 0 atom stereocenters. The summed E-state index contributed by atoms with van der Waals surface area (Å²) in [5.41, 5.74) is 1.63. The van der Waals surface area contributed by atoms with Gasteiger partial charge in [-0.2, -0.15) is 0 Å². The van der Waals surface area contributed by atoms with Gasteiger partial charge in [-0.05, 0) is 41.8 Å². The summed E-state index contributed by atoms with van der Waals surface area (Å²) in [6.45, 7) is 2.22. The lowest BCUT2D eigenvalue weighted by atomic mass is 10.2. The van der Waals surface area contributed by atoms with Crippen LogP contribution < -0.4 is 10.0 Å². The van der Waals surface area contributed by atoms with Gasteiger partial charge < -0.3 is 9.88 Å². The number of nitrogens with zero attached hydrogens (tertiary/aromatic N) is 1. The fourth-order valence-electron chi connectivity index (χ4n) is 2.64. The summed E-state index contributed by atoms with van der Waals surface area (Å²) < 4.78 is 29.3. The minimum atomic E-state index is -3.59. The molecule has 0 fully saturated rings. The molecule has 6 nitrogen and oxygen atoms in total. The topological polar surface area (TPSA) is 80.2 Å². The van der Waals surface area contributed by atoms with Crippen LogP contribution in [0, 0.1) is 0 Å². The molecule has 3 aromatic rings. The molecule has 0 aliphatic carbocycles. The second-order valence-electron chi connectivity index (χ2n) is 5.67. The van der Waals surface area contributed by atoms with Crippen molar-refractivity contribution >= 4 is 32.5 Å². The fourth-order valence-corrected chi connectivity index (χ4v) is 3.66. The molecular formula is C18H19N3O3S. The van der Waals surface area contributed by atoms with Gasteiger partial charge in [0.05, 0.1) is 4.90 Å². The molecule has 2 N–H and O–H groups in total. The van der Waals surface area contributed by atoms with Crippen LogP contribution in [0.15, 0.2) is 65.7 Å². The Kier molecular flexibility index (Phi) is 4.87. The number of rotatable bonds is 6. The Morgan fingerprint density at radius 1 is 1.04 bits per heavy atom. The van der Waals surface area contributed by atoms with Crippen LogP contribution in [0.25, 0.3) is 10.9 Å². The number of anilines is 1. The van der Waals surface area contributed by atoms with Gasteiger partial charge in [-0.15, -0.1) is 0 Å². The van der Waals surface area contributed by atoms with Crippen LogP contribution in [0.2, 0.25) is 0 Å². The SMILES string of the molecule is CC(=O)Nc1ccc(S(=O)(=O)NCCn2ccc3ccccc32)cc1. The van der Waals surface area contributed by atoms with Crippen LogP contribution in [0.1, 0.15) is 6.92 Å². The highest BCUT2D eigenvalue weighted by Crippen LogP contribution is 2.16. The van der Waals surface area contributed by atoms with Crippen LogP contribution >= 0.6 is 0 Å². The van der Waals surface area contributed by atoms with E-state index < -0.39 is 10.0 Å². The van der Waals surface area contributed by atoms with Crippen molar-refractivity contribution in [3.05, 3.63) is 60.8 Å². The van der Waals surface area contributed by atoms with E-state index in [1.807, 2.05) is 41.1 Å². The van der Waals surface area contributed by atoms with E-state index in [0.29, 0.717) is 12.2 Å². The van der Waals surface area contributed by atoms with Crippen molar-refractivity contribution in [3.63, 3.8) is 0 Å². The number of fused-ring (bicyclic) bond motifs is 1. The predicted octanol–water partition coefficient (Wildman–Crippen LogP) is 2.58. The van der Waals surface area contributed by atoms with Crippen molar-refractivity contribution in [1.82, 2.24) is 9.29 Å². The summed E-state index contributed by atoms with van der Waals surface area (Å²) in [6, 6.07) is 16.0. The maximum Gasteiger partial charge on any atom is 0.240 e. The Hall–Kier alpha value is -2.64. The van der Waals surface area contributed by atoms with Crippen LogP contribution in [0.4, 0.5) is 5.69 Å². The molecule has 0 aliphatic rings. The summed E-state index contributed by atoms with van der Waals surface area (Å²) in [4.78, 5) is 11.2. The minimum absolute atomic E-state index is 0.166. The quantitative estimate of drug-likeness (QED) is 0.711. The standard InChI is InChI=1S/C18H19N3O3S/c1-14(22)20-16-6-8-17(9-7-16)25(23,24)19-11-13-21-12-10-15-4-2-3-5-18(15)21/h2-10,12,19H,11,13H2,1H3,(H,20,22). The molecular weight excluding hydrogens is 338 g/mol. The number of carbonyl (C=O) groups is 1. The van der Waals surface area contributed by atoms with Crippen LogP contribution in [-0.2, 0) is 21.4 Å². The smallest absolute Gasteiger partial charge is 0.240 e. The average molecular weight is 357 g/mol. The zero-order valence-corrected chi connectivity index (χ0v) is 14.6. The molecule has 7 heteroatoms. The summed E-state index contributed by atoms with van der Waals surface area (Å²) in [5.74, 6) is -0.201. The molecule has 25 heavy (non-hydrogen) atoms. The second-order valence-corrected chi connectivity index (χ2v) is 7.44. The Bertz CT molecular complexity index is 992. The number of aromatic nitrogens is 1. The first-order valence-electron chi connectivity index (χ1n) is 7.87. The summed E-state index contributed by atoms with van der Waals surface area (Å²) in [7, 11) is -3.59. The highest BCUT2D eigenvalue weighted by atomic mass is 32.2. The molecule has 2 aromatic carbocycles. The number of carbonyl (C=O) groups excluding carboxylic acids is 1. The Morgan fingerprint density at radius 2 is 1.76 bits per heavy atom. The third kappa shape index (κ3) is 4.07. The van der Waals surface area contributed by atoms with Gasteiger partial charge in [0.1, 0.15) is 0 Å². The number of benzene rings is 2. The van der Waals surface area contributed by atoms with Gasteiger partial charge in [-0.3, -0.25) is 4.79 Å². The molecule has 0 unspecified atom stereocenters. The lowest BCUT2D eigenvalue weighted by molar-refractivity contribution is -0.114. The molecule has 1 heterocycles. The van der Waals surface area contributed by atoms with Crippen molar-refractivity contribution < 1.29 is 13.2 Å². The van der Waals surface area contributed by atoms with Gasteiger partial charge in [-0.25, -0.2) is 13.1 Å². The number of para-hydroxylation sites is 1. The Morgan fingerprint density at radius 3 is 2.48 bits per heavy atom. The minimum Gasteiger partial charge on any atom is -0.346 e. The van der Waals surface area contributed by atoms with E-state index in [9.17, 15) is 13.2 Å². The van der Waals surface area contributed by atoms with Gasteiger partial charge in [0.15, 0.2) is 0 Å². The van der Waals surface area contributed by atoms with Crippen LogP contribution in [0.5, 0.6) is 0 Å². The second kappa shape index (κ2) is 7.08. The lowest BCUT2D eigenvalue weighted by Crippen LogP contribution is -2.27. The van der Waals surface area contributed by atoms with E-state index >= 15 is 0 Å². The van der Waals surface area contributed by atoms with Crippen molar-refractivity contribution in [2.75, 3.05) is 11.9 Å². The molecule has 1 amide bonds. The summed E-state index contributed by atoms with van der Waals surface area (Å²) in [6.07, 6.45) is 1.95. The van der Waals surface area contributed by atoms with Gasteiger partial charge in [-0.1, -0.05) is 18.2 Å². The first-order chi connectivity index (χ1) is 12.0. The molecule has 0 radical (unpaired) electrons. The number of hydrogen-bond donors (Lipinski definition) is 2. The molecule has 0 spiro atoms.